The number of ether oxygens (including phenoxy) is 1. The van der Waals surface area contributed by atoms with E-state index in [1.165, 1.54) is 38.6 Å². The maximum Gasteiger partial charge on any atom is 0.0702 e. The summed E-state index contributed by atoms with van der Waals surface area (Å²) in [5.41, 5.74) is 6.50. The third-order valence-corrected chi connectivity index (χ3v) is 5.25. The van der Waals surface area contributed by atoms with Crippen LogP contribution in [0.15, 0.2) is 0 Å². The van der Waals surface area contributed by atoms with E-state index >= 15 is 0 Å². The fourth-order valence-electron chi connectivity index (χ4n) is 4.58. The molecule has 2 fully saturated rings. The molecule has 0 amide bonds. The van der Waals surface area contributed by atoms with Crippen molar-refractivity contribution < 1.29 is 4.74 Å². The van der Waals surface area contributed by atoms with Crippen molar-refractivity contribution in [3.05, 3.63) is 0 Å². The molecule has 118 valence electrons. The summed E-state index contributed by atoms with van der Waals surface area (Å²) in [7, 11) is 0. The first kappa shape index (κ1) is 16.3. The molecule has 0 spiro atoms. The standard InChI is InChI=1S/C17H34N2O/c1-4-8-20-16-6-5-7-19(12-16)17(13-18)10-14(2)9-15(3)11-17/h14-16H,4-13,18H2,1-3H3. The molecule has 1 saturated carbocycles. The van der Waals surface area contributed by atoms with Crippen LogP contribution in [0, 0.1) is 11.8 Å². The second-order valence-corrected chi connectivity index (χ2v) is 7.36. The van der Waals surface area contributed by atoms with Crippen LogP contribution in [0.25, 0.3) is 0 Å². The summed E-state index contributed by atoms with van der Waals surface area (Å²) in [5, 5.41) is 0. The highest BCUT2D eigenvalue weighted by atomic mass is 16.5. The zero-order valence-electron chi connectivity index (χ0n) is 13.7. The number of nitrogens with zero attached hydrogens (tertiary/aromatic N) is 1. The topological polar surface area (TPSA) is 38.5 Å². The van der Waals surface area contributed by atoms with Gasteiger partial charge in [0, 0.05) is 25.2 Å². The minimum Gasteiger partial charge on any atom is -0.377 e. The Labute approximate surface area is 125 Å². The minimum atomic E-state index is 0.241. The van der Waals surface area contributed by atoms with E-state index in [0.29, 0.717) is 6.10 Å². The summed E-state index contributed by atoms with van der Waals surface area (Å²) in [6.07, 6.45) is 7.95. The quantitative estimate of drug-likeness (QED) is 0.842. The van der Waals surface area contributed by atoms with Gasteiger partial charge in [0.1, 0.15) is 0 Å². The van der Waals surface area contributed by atoms with Gasteiger partial charge in [0.05, 0.1) is 6.10 Å². The summed E-state index contributed by atoms with van der Waals surface area (Å²) in [4.78, 5) is 2.68. The van der Waals surface area contributed by atoms with E-state index in [1.807, 2.05) is 0 Å². The Balaban J connectivity index is 2.02. The van der Waals surface area contributed by atoms with Crippen molar-refractivity contribution in [2.45, 2.75) is 70.9 Å². The number of nitrogens with two attached hydrogens (primary N) is 1. The Morgan fingerprint density at radius 3 is 2.55 bits per heavy atom. The Kier molecular flexibility index (Phi) is 5.88. The molecule has 0 aromatic carbocycles. The molecule has 2 rings (SSSR count). The van der Waals surface area contributed by atoms with Crippen LogP contribution in [-0.2, 0) is 4.74 Å². The maximum atomic E-state index is 6.26. The average Bonchev–Trinajstić information content (AvgIpc) is 2.44. The third-order valence-electron chi connectivity index (χ3n) is 5.25. The van der Waals surface area contributed by atoms with Gasteiger partial charge in [-0.2, -0.15) is 0 Å². The number of hydrogen-bond donors (Lipinski definition) is 1. The van der Waals surface area contributed by atoms with Crippen LogP contribution in [0.5, 0.6) is 0 Å². The fraction of sp³-hybridized carbons (Fsp3) is 1.00. The van der Waals surface area contributed by atoms with Crippen LogP contribution in [-0.4, -0.2) is 42.8 Å². The molecule has 1 aliphatic heterocycles. The number of hydrogen-bond acceptors (Lipinski definition) is 3. The van der Waals surface area contributed by atoms with Crippen molar-refractivity contribution in [3.8, 4) is 0 Å². The van der Waals surface area contributed by atoms with Crippen molar-refractivity contribution >= 4 is 0 Å². The molecule has 0 radical (unpaired) electrons. The van der Waals surface area contributed by atoms with Crippen molar-refractivity contribution in [2.24, 2.45) is 17.6 Å². The van der Waals surface area contributed by atoms with Gasteiger partial charge in [0.2, 0.25) is 0 Å². The zero-order chi connectivity index (χ0) is 14.6. The second-order valence-electron chi connectivity index (χ2n) is 7.36. The molecule has 0 aromatic heterocycles. The Bertz CT molecular complexity index is 285. The van der Waals surface area contributed by atoms with Gasteiger partial charge in [-0.3, -0.25) is 4.90 Å². The van der Waals surface area contributed by atoms with Crippen molar-refractivity contribution in [2.75, 3.05) is 26.2 Å². The van der Waals surface area contributed by atoms with Gasteiger partial charge in [-0.1, -0.05) is 20.8 Å². The van der Waals surface area contributed by atoms with E-state index in [2.05, 4.69) is 25.7 Å². The van der Waals surface area contributed by atoms with Crippen LogP contribution < -0.4 is 5.73 Å². The molecule has 0 aromatic rings. The molecule has 3 nitrogen and oxygen atoms in total. The number of piperidine rings is 1. The number of likely N-dealkylation sites (tertiary alicyclic amines) is 1. The predicted octanol–water partition coefficient (Wildman–Crippen LogP) is 3.03. The van der Waals surface area contributed by atoms with Crippen LogP contribution in [0.2, 0.25) is 0 Å². The largest absolute Gasteiger partial charge is 0.377 e. The molecule has 1 saturated heterocycles. The maximum absolute atomic E-state index is 6.26. The van der Waals surface area contributed by atoms with Crippen molar-refractivity contribution in [1.29, 1.82) is 0 Å². The summed E-state index contributed by atoms with van der Waals surface area (Å²) < 4.78 is 6.01. The minimum absolute atomic E-state index is 0.241. The van der Waals surface area contributed by atoms with Gasteiger partial charge in [0.25, 0.3) is 0 Å². The molecular weight excluding hydrogens is 248 g/mol. The van der Waals surface area contributed by atoms with Crippen LogP contribution in [0.3, 0.4) is 0 Å². The lowest BCUT2D eigenvalue weighted by Crippen LogP contribution is -2.60. The summed E-state index contributed by atoms with van der Waals surface area (Å²) >= 11 is 0. The lowest BCUT2D eigenvalue weighted by atomic mass is 9.70. The number of rotatable bonds is 5. The monoisotopic (exact) mass is 282 g/mol. The Morgan fingerprint density at radius 2 is 1.95 bits per heavy atom. The first-order valence-corrected chi connectivity index (χ1v) is 8.66. The van der Waals surface area contributed by atoms with Crippen LogP contribution in [0.4, 0.5) is 0 Å². The zero-order valence-corrected chi connectivity index (χ0v) is 13.7. The summed E-state index contributed by atoms with van der Waals surface area (Å²) in [6, 6.07) is 0. The molecule has 3 unspecified atom stereocenters. The lowest BCUT2D eigenvalue weighted by Gasteiger charge is -2.52. The Hall–Kier alpha value is -0.120. The molecular formula is C17H34N2O. The van der Waals surface area contributed by atoms with E-state index < -0.39 is 0 Å². The smallest absolute Gasteiger partial charge is 0.0702 e. The molecule has 1 aliphatic carbocycles. The molecule has 0 bridgehead atoms. The van der Waals surface area contributed by atoms with Crippen LogP contribution >= 0.6 is 0 Å². The predicted molar refractivity (Wildman–Crippen MR) is 84.8 cm³/mol. The molecule has 3 heteroatoms. The summed E-state index contributed by atoms with van der Waals surface area (Å²) in [5.74, 6) is 1.61. The van der Waals surface area contributed by atoms with E-state index in [9.17, 15) is 0 Å². The molecule has 3 atom stereocenters. The molecule has 2 N–H and O–H groups in total. The first-order valence-electron chi connectivity index (χ1n) is 8.66. The van der Waals surface area contributed by atoms with Crippen molar-refractivity contribution in [3.63, 3.8) is 0 Å². The van der Waals surface area contributed by atoms with Gasteiger partial charge in [-0.15, -0.1) is 0 Å². The first-order chi connectivity index (χ1) is 9.59. The molecule has 1 heterocycles. The highest BCUT2D eigenvalue weighted by Crippen LogP contribution is 2.40. The lowest BCUT2D eigenvalue weighted by molar-refractivity contribution is -0.0584. The van der Waals surface area contributed by atoms with Crippen molar-refractivity contribution in [1.82, 2.24) is 4.90 Å². The van der Waals surface area contributed by atoms with Gasteiger partial charge < -0.3 is 10.5 Å². The third kappa shape index (κ3) is 3.75. The van der Waals surface area contributed by atoms with Gasteiger partial charge >= 0.3 is 0 Å². The summed E-state index contributed by atoms with van der Waals surface area (Å²) in [6.45, 7) is 11.0. The second kappa shape index (κ2) is 7.24. The highest BCUT2D eigenvalue weighted by molar-refractivity contribution is 4.99. The van der Waals surface area contributed by atoms with E-state index in [-0.39, 0.29) is 5.54 Å². The van der Waals surface area contributed by atoms with E-state index in [0.717, 1.165) is 38.0 Å². The Morgan fingerprint density at radius 1 is 1.25 bits per heavy atom. The normalized spacial score (nSPS) is 39.9. The van der Waals surface area contributed by atoms with E-state index in [1.54, 1.807) is 0 Å². The molecule has 2 aliphatic rings. The SMILES string of the molecule is CCCOC1CCCN(C2(CN)CC(C)CC(C)C2)C1. The van der Waals surface area contributed by atoms with Crippen LogP contribution in [0.1, 0.15) is 59.3 Å². The fourth-order valence-corrected chi connectivity index (χ4v) is 4.58. The van der Waals surface area contributed by atoms with E-state index in [4.69, 9.17) is 10.5 Å². The van der Waals surface area contributed by atoms with Gasteiger partial charge in [0.15, 0.2) is 0 Å². The molecule has 20 heavy (non-hydrogen) atoms. The average molecular weight is 282 g/mol. The van der Waals surface area contributed by atoms with Gasteiger partial charge in [-0.25, -0.2) is 0 Å². The highest BCUT2D eigenvalue weighted by Gasteiger charge is 2.43. The van der Waals surface area contributed by atoms with Gasteiger partial charge in [-0.05, 0) is 56.9 Å².